The van der Waals surface area contributed by atoms with Crippen LogP contribution in [0.4, 0.5) is 4.79 Å². The molecule has 31 heavy (non-hydrogen) atoms. The quantitative estimate of drug-likeness (QED) is 0.461. The molecule has 1 heterocycles. The zero-order valence-electron chi connectivity index (χ0n) is 18.0. The topological polar surface area (TPSA) is 65.1 Å². The smallest absolute Gasteiger partial charge is 0.293 e. The summed E-state index contributed by atoms with van der Waals surface area (Å²) in [6.07, 6.45) is 2.66. The van der Waals surface area contributed by atoms with Gasteiger partial charge in [-0.15, -0.1) is 0 Å². The number of hydrogen-bond donors (Lipinski definition) is 0. The summed E-state index contributed by atoms with van der Waals surface area (Å²) in [6.45, 7) is 6.90. The number of carbonyl (C=O) groups excluding carboxylic acids is 2. The molecule has 2 aromatic rings. The normalized spacial score (nSPS) is 16.0. The number of para-hydroxylation sites is 1. The first-order chi connectivity index (χ1) is 15.0. The van der Waals surface area contributed by atoms with Crippen molar-refractivity contribution in [1.29, 1.82) is 0 Å². The molecule has 6 nitrogen and oxygen atoms in total. The van der Waals surface area contributed by atoms with Crippen molar-refractivity contribution in [1.82, 2.24) is 4.90 Å². The van der Waals surface area contributed by atoms with Crippen LogP contribution < -0.4 is 14.2 Å². The minimum absolute atomic E-state index is 0.0691. The summed E-state index contributed by atoms with van der Waals surface area (Å²) in [5.41, 5.74) is 0.769. The summed E-state index contributed by atoms with van der Waals surface area (Å²) < 4.78 is 17.2. The monoisotopic (exact) mass is 441 g/mol. The molecule has 2 aromatic carbocycles. The molecule has 1 aliphatic heterocycles. The Kier molecular flexibility index (Phi) is 8.00. The number of benzene rings is 2. The first kappa shape index (κ1) is 22.7. The van der Waals surface area contributed by atoms with Gasteiger partial charge < -0.3 is 14.2 Å². The van der Waals surface area contributed by atoms with Crippen LogP contribution in [0.15, 0.2) is 53.4 Å². The fourth-order valence-corrected chi connectivity index (χ4v) is 3.76. The minimum atomic E-state index is -0.315. The lowest BCUT2D eigenvalue weighted by atomic mass is 10.1. The first-order valence-corrected chi connectivity index (χ1v) is 11.2. The van der Waals surface area contributed by atoms with Crippen LogP contribution in [0.3, 0.4) is 0 Å². The molecule has 0 spiro atoms. The predicted octanol–water partition coefficient (Wildman–Crippen LogP) is 5.38. The van der Waals surface area contributed by atoms with Gasteiger partial charge in [0.05, 0.1) is 24.2 Å². The van der Waals surface area contributed by atoms with Gasteiger partial charge >= 0.3 is 0 Å². The summed E-state index contributed by atoms with van der Waals surface area (Å²) in [5.74, 6) is 1.67. The van der Waals surface area contributed by atoms with Gasteiger partial charge in [0.15, 0.2) is 11.5 Å². The van der Waals surface area contributed by atoms with Crippen molar-refractivity contribution in [3.05, 3.63) is 59.0 Å². The number of hydrogen-bond acceptors (Lipinski definition) is 6. The molecule has 3 rings (SSSR count). The van der Waals surface area contributed by atoms with E-state index in [4.69, 9.17) is 14.2 Å². The van der Waals surface area contributed by atoms with E-state index < -0.39 is 0 Å². The molecule has 164 valence electrons. The van der Waals surface area contributed by atoms with E-state index in [1.165, 1.54) is 4.90 Å². The molecule has 1 saturated heterocycles. The average molecular weight is 442 g/mol. The number of rotatable bonds is 10. The third-order valence-electron chi connectivity index (χ3n) is 4.67. The molecule has 1 fully saturated rings. The van der Waals surface area contributed by atoms with Crippen LogP contribution in [-0.2, 0) is 4.79 Å². The fourth-order valence-electron chi connectivity index (χ4n) is 2.90. The van der Waals surface area contributed by atoms with Gasteiger partial charge in [0.25, 0.3) is 11.1 Å². The molecule has 0 aliphatic carbocycles. The third kappa shape index (κ3) is 6.04. The second-order valence-electron chi connectivity index (χ2n) is 6.97. The lowest BCUT2D eigenvalue weighted by molar-refractivity contribution is -0.123. The summed E-state index contributed by atoms with van der Waals surface area (Å²) >= 11 is 0.931. The number of carbonyl (C=O) groups is 2. The van der Waals surface area contributed by atoms with Crippen molar-refractivity contribution in [2.45, 2.75) is 33.3 Å². The minimum Gasteiger partial charge on any atom is -0.492 e. The molecule has 0 N–H and O–H groups in total. The number of thioether (sulfide) groups is 1. The van der Waals surface area contributed by atoms with Crippen molar-refractivity contribution in [3.8, 4) is 17.2 Å². The maximum absolute atomic E-state index is 12.7. The highest BCUT2D eigenvalue weighted by molar-refractivity contribution is 8.18. The standard InChI is InChI=1S/C24H27NO5S/c1-4-17(3)30-20-12-11-18(15-21(20)28-5-2)16-22-23(26)25(24(27)31-22)13-14-29-19-9-7-6-8-10-19/h6-12,15-17H,4-5,13-14H2,1-3H3/b22-16-. The Bertz CT molecular complexity index is 944. The Morgan fingerprint density at radius 2 is 1.81 bits per heavy atom. The van der Waals surface area contributed by atoms with Gasteiger partial charge in [-0.05, 0) is 67.9 Å². The van der Waals surface area contributed by atoms with Crippen molar-refractivity contribution < 1.29 is 23.8 Å². The molecule has 0 radical (unpaired) electrons. The Hall–Kier alpha value is -2.93. The zero-order chi connectivity index (χ0) is 22.2. The van der Waals surface area contributed by atoms with Gasteiger partial charge in [0, 0.05) is 0 Å². The maximum Gasteiger partial charge on any atom is 0.293 e. The molecule has 1 atom stereocenters. The van der Waals surface area contributed by atoms with E-state index in [0.717, 1.165) is 23.7 Å². The molecule has 0 aromatic heterocycles. The van der Waals surface area contributed by atoms with Crippen LogP contribution in [-0.4, -0.2) is 41.9 Å². The second kappa shape index (κ2) is 10.9. The van der Waals surface area contributed by atoms with Crippen LogP contribution in [0.25, 0.3) is 6.08 Å². The maximum atomic E-state index is 12.7. The van der Waals surface area contributed by atoms with Crippen LogP contribution >= 0.6 is 11.8 Å². The van der Waals surface area contributed by atoms with Crippen molar-refractivity contribution >= 4 is 29.0 Å². The third-order valence-corrected chi connectivity index (χ3v) is 5.58. The molecule has 0 saturated carbocycles. The van der Waals surface area contributed by atoms with Crippen LogP contribution in [0, 0.1) is 0 Å². The highest BCUT2D eigenvalue weighted by atomic mass is 32.2. The summed E-state index contributed by atoms with van der Waals surface area (Å²) in [5, 5.41) is -0.297. The lowest BCUT2D eigenvalue weighted by Gasteiger charge is -2.16. The Labute approximate surface area is 187 Å². The molecule has 1 aliphatic rings. The van der Waals surface area contributed by atoms with E-state index in [9.17, 15) is 9.59 Å². The van der Waals surface area contributed by atoms with E-state index >= 15 is 0 Å². The van der Waals surface area contributed by atoms with E-state index in [-0.39, 0.29) is 30.4 Å². The van der Waals surface area contributed by atoms with Gasteiger partial charge in [-0.2, -0.15) is 0 Å². The van der Waals surface area contributed by atoms with Crippen molar-refractivity contribution in [2.24, 2.45) is 0 Å². The second-order valence-corrected chi connectivity index (χ2v) is 7.96. The summed E-state index contributed by atoms with van der Waals surface area (Å²) in [4.78, 5) is 26.7. The van der Waals surface area contributed by atoms with E-state index in [1.54, 1.807) is 6.08 Å². The molecular weight excluding hydrogens is 414 g/mol. The van der Waals surface area contributed by atoms with E-state index in [1.807, 2.05) is 62.4 Å². The van der Waals surface area contributed by atoms with Gasteiger partial charge in [-0.3, -0.25) is 14.5 Å². The van der Waals surface area contributed by atoms with Gasteiger partial charge in [-0.1, -0.05) is 31.2 Å². The number of imide groups is 1. The average Bonchev–Trinajstić information content (AvgIpc) is 3.03. The van der Waals surface area contributed by atoms with Crippen LogP contribution in [0.5, 0.6) is 17.2 Å². The largest absolute Gasteiger partial charge is 0.492 e. The summed E-state index contributed by atoms with van der Waals surface area (Å²) in [7, 11) is 0. The predicted molar refractivity (Wildman–Crippen MR) is 123 cm³/mol. The van der Waals surface area contributed by atoms with Gasteiger partial charge in [0.1, 0.15) is 12.4 Å². The van der Waals surface area contributed by atoms with Crippen molar-refractivity contribution in [2.75, 3.05) is 19.8 Å². The van der Waals surface area contributed by atoms with Crippen molar-refractivity contribution in [3.63, 3.8) is 0 Å². The Balaban J connectivity index is 1.69. The molecule has 2 amide bonds. The van der Waals surface area contributed by atoms with Gasteiger partial charge in [-0.25, -0.2) is 0 Å². The van der Waals surface area contributed by atoms with Crippen LogP contribution in [0.1, 0.15) is 32.8 Å². The summed E-state index contributed by atoms with van der Waals surface area (Å²) in [6, 6.07) is 14.8. The number of ether oxygens (including phenoxy) is 3. The highest BCUT2D eigenvalue weighted by Gasteiger charge is 2.34. The van der Waals surface area contributed by atoms with E-state index in [0.29, 0.717) is 28.8 Å². The number of nitrogens with zero attached hydrogens (tertiary/aromatic N) is 1. The molecule has 1 unspecified atom stereocenters. The molecule has 7 heteroatoms. The Morgan fingerprint density at radius 3 is 2.52 bits per heavy atom. The van der Waals surface area contributed by atoms with Crippen LogP contribution in [0.2, 0.25) is 0 Å². The van der Waals surface area contributed by atoms with Gasteiger partial charge in [0.2, 0.25) is 0 Å². The highest BCUT2D eigenvalue weighted by Crippen LogP contribution is 2.35. The SMILES string of the molecule is CCOc1cc(/C=C2\SC(=O)N(CCOc3ccccc3)C2=O)ccc1OC(C)CC. The fraction of sp³-hybridized carbons (Fsp3) is 0.333. The number of amides is 2. The molecular formula is C24H27NO5S. The zero-order valence-corrected chi connectivity index (χ0v) is 18.8. The lowest BCUT2D eigenvalue weighted by Crippen LogP contribution is -2.32. The molecule has 0 bridgehead atoms. The van der Waals surface area contributed by atoms with E-state index in [2.05, 4.69) is 6.92 Å². The first-order valence-electron chi connectivity index (χ1n) is 10.4. The Morgan fingerprint density at radius 1 is 1.03 bits per heavy atom.